The van der Waals surface area contributed by atoms with E-state index in [2.05, 4.69) is 0 Å². The fraction of sp³-hybridized carbons (Fsp3) is 0.133. The molecule has 4 aromatic carbocycles. The Labute approximate surface area is 219 Å². The molecule has 0 aliphatic carbocycles. The van der Waals surface area contributed by atoms with E-state index in [4.69, 9.17) is 18.9 Å². The third-order valence-electron chi connectivity index (χ3n) is 5.44. The predicted octanol–water partition coefficient (Wildman–Crippen LogP) is 5.55. The van der Waals surface area contributed by atoms with Gasteiger partial charge in [-0.15, -0.1) is 0 Å². The van der Waals surface area contributed by atoms with E-state index in [1.54, 1.807) is 109 Å². The van der Waals surface area contributed by atoms with Gasteiger partial charge < -0.3 is 29.2 Å². The monoisotopic (exact) mass is 514 g/mol. The van der Waals surface area contributed by atoms with Gasteiger partial charge in [-0.3, -0.25) is 0 Å². The molecule has 4 rings (SSSR count). The summed E-state index contributed by atoms with van der Waals surface area (Å²) >= 11 is 0. The third-order valence-corrected chi connectivity index (χ3v) is 5.44. The van der Waals surface area contributed by atoms with Crippen molar-refractivity contribution >= 4 is 11.9 Å². The summed E-state index contributed by atoms with van der Waals surface area (Å²) in [4.78, 5) is 23.7. The molecule has 2 N–H and O–H groups in total. The van der Waals surface area contributed by atoms with Crippen LogP contribution in [-0.4, -0.2) is 35.4 Å². The maximum Gasteiger partial charge on any atom is 0.349 e. The number of ether oxygens (including phenoxy) is 4. The number of carboxylic acid groups (broad SMARTS) is 2. The lowest BCUT2D eigenvalue weighted by molar-refractivity contribution is -0.146. The van der Waals surface area contributed by atoms with Gasteiger partial charge in [0.05, 0.1) is 0 Å². The van der Waals surface area contributed by atoms with Crippen molar-refractivity contribution in [1.82, 2.24) is 0 Å². The number of para-hydroxylation sites is 4. The van der Waals surface area contributed by atoms with Crippen LogP contribution in [0, 0.1) is 0 Å². The molecule has 0 aliphatic heterocycles. The van der Waals surface area contributed by atoms with E-state index in [1.165, 1.54) is 0 Å². The van der Waals surface area contributed by atoms with E-state index in [-0.39, 0.29) is 24.7 Å². The highest BCUT2D eigenvalue weighted by molar-refractivity contribution is 5.75. The molecule has 0 heterocycles. The molecule has 0 saturated carbocycles. The van der Waals surface area contributed by atoms with E-state index in [0.29, 0.717) is 22.6 Å². The molecule has 0 saturated heterocycles. The molecule has 0 spiro atoms. The van der Waals surface area contributed by atoms with E-state index < -0.39 is 24.1 Å². The smallest absolute Gasteiger partial charge is 0.349 e. The molecule has 194 valence electrons. The highest BCUT2D eigenvalue weighted by Crippen LogP contribution is 2.33. The van der Waals surface area contributed by atoms with Gasteiger partial charge in [-0.05, 0) is 24.3 Å². The average Bonchev–Trinajstić information content (AvgIpc) is 2.94. The van der Waals surface area contributed by atoms with E-state index in [1.807, 2.05) is 0 Å². The van der Waals surface area contributed by atoms with Crippen LogP contribution in [-0.2, 0) is 9.59 Å². The zero-order valence-corrected chi connectivity index (χ0v) is 20.3. The first kappa shape index (κ1) is 26.1. The molecule has 8 heteroatoms. The summed E-state index contributed by atoms with van der Waals surface area (Å²) in [5, 5.41) is 19.4. The van der Waals surface area contributed by atoms with Crippen molar-refractivity contribution in [2.24, 2.45) is 0 Å². The Balaban J connectivity index is 1.39. The summed E-state index contributed by atoms with van der Waals surface area (Å²) in [7, 11) is 0. The molecule has 0 amide bonds. The van der Waals surface area contributed by atoms with Gasteiger partial charge in [-0.1, -0.05) is 84.9 Å². The van der Waals surface area contributed by atoms with Crippen molar-refractivity contribution in [3.8, 4) is 23.0 Å². The topological polar surface area (TPSA) is 112 Å². The Bertz CT molecular complexity index is 1240. The first-order valence-electron chi connectivity index (χ1n) is 11.9. The summed E-state index contributed by atoms with van der Waals surface area (Å²) in [6, 6.07) is 30.9. The van der Waals surface area contributed by atoms with Crippen LogP contribution in [0.2, 0.25) is 0 Å². The molecule has 2 atom stereocenters. The van der Waals surface area contributed by atoms with Gasteiger partial charge in [-0.25, -0.2) is 9.59 Å². The average molecular weight is 515 g/mol. The van der Waals surface area contributed by atoms with Crippen LogP contribution in [0.15, 0.2) is 109 Å². The Morgan fingerprint density at radius 2 is 0.816 bits per heavy atom. The van der Waals surface area contributed by atoms with Crippen molar-refractivity contribution in [1.29, 1.82) is 0 Å². The molecule has 38 heavy (non-hydrogen) atoms. The number of benzene rings is 4. The number of hydrogen-bond acceptors (Lipinski definition) is 6. The molecular weight excluding hydrogens is 488 g/mol. The van der Waals surface area contributed by atoms with Crippen molar-refractivity contribution in [3.05, 3.63) is 120 Å². The molecule has 4 aromatic rings. The van der Waals surface area contributed by atoms with E-state index >= 15 is 0 Å². The van der Waals surface area contributed by atoms with Crippen molar-refractivity contribution in [2.75, 3.05) is 13.2 Å². The van der Waals surface area contributed by atoms with Crippen LogP contribution in [0.5, 0.6) is 23.0 Å². The number of carbonyl (C=O) groups is 2. The second kappa shape index (κ2) is 12.8. The molecule has 8 nitrogen and oxygen atoms in total. The highest BCUT2D eigenvalue weighted by atomic mass is 16.6. The summed E-state index contributed by atoms with van der Waals surface area (Å²) in [6.45, 7) is 0.220. The lowest BCUT2D eigenvalue weighted by Gasteiger charge is -2.19. The molecule has 0 radical (unpaired) electrons. The van der Waals surface area contributed by atoms with Crippen LogP contribution in [0.25, 0.3) is 0 Å². The Kier molecular flexibility index (Phi) is 8.80. The number of rotatable bonds is 13. The van der Waals surface area contributed by atoms with Gasteiger partial charge >= 0.3 is 11.9 Å². The molecule has 0 aliphatic rings. The largest absolute Gasteiger partial charge is 0.486 e. The van der Waals surface area contributed by atoms with E-state index in [9.17, 15) is 19.8 Å². The lowest BCUT2D eigenvalue weighted by atomic mass is 10.1. The van der Waals surface area contributed by atoms with Crippen molar-refractivity contribution in [3.63, 3.8) is 0 Å². The summed E-state index contributed by atoms with van der Waals surface area (Å²) < 4.78 is 23.2. The minimum absolute atomic E-state index is 0.110. The number of carboxylic acids is 2. The van der Waals surface area contributed by atoms with Crippen LogP contribution in [0.3, 0.4) is 0 Å². The maximum atomic E-state index is 11.8. The Morgan fingerprint density at radius 1 is 0.500 bits per heavy atom. The molecule has 0 bridgehead atoms. The second-order valence-electron chi connectivity index (χ2n) is 8.08. The molecular formula is C30H26O8. The minimum Gasteiger partial charge on any atom is -0.486 e. The van der Waals surface area contributed by atoms with Crippen LogP contribution < -0.4 is 18.9 Å². The Morgan fingerprint density at radius 3 is 1.16 bits per heavy atom. The number of hydrogen-bond donors (Lipinski definition) is 2. The van der Waals surface area contributed by atoms with Crippen LogP contribution >= 0.6 is 0 Å². The normalized spacial score (nSPS) is 12.1. The summed E-state index contributed by atoms with van der Waals surface area (Å²) in [6.07, 6.45) is -2.40. The second-order valence-corrected chi connectivity index (χ2v) is 8.08. The summed E-state index contributed by atoms with van der Waals surface area (Å²) in [5.41, 5.74) is 1.01. The van der Waals surface area contributed by atoms with Gasteiger partial charge in [0, 0.05) is 11.1 Å². The first-order chi connectivity index (χ1) is 18.5. The SMILES string of the molecule is O=C(O)C(Oc1ccccc1OCCOc1ccccc1OC(C(=O)O)c1ccccc1)c1ccccc1. The van der Waals surface area contributed by atoms with Gasteiger partial charge in [0.2, 0.25) is 12.2 Å². The predicted molar refractivity (Wildman–Crippen MR) is 139 cm³/mol. The van der Waals surface area contributed by atoms with Gasteiger partial charge in [0.25, 0.3) is 0 Å². The molecule has 0 fully saturated rings. The Hall–Kier alpha value is -4.98. The zero-order valence-electron chi connectivity index (χ0n) is 20.3. The first-order valence-corrected chi connectivity index (χ1v) is 11.9. The van der Waals surface area contributed by atoms with Crippen molar-refractivity contribution < 1.29 is 38.7 Å². The van der Waals surface area contributed by atoms with E-state index in [0.717, 1.165) is 0 Å². The van der Waals surface area contributed by atoms with Crippen molar-refractivity contribution in [2.45, 2.75) is 12.2 Å². The number of aliphatic carboxylic acids is 2. The quantitative estimate of drug-likeness (QED) is 0.223. The third kappa shape index (κ3) is 6.82. The van der Waals surface area contributed by atoms with Gasteiger partial charge in [-0.2, -0.15) is 0 Å². The fourth-order valence-electron chi connectivity index (χ4n) is 3.67. The maximum absolute atomic E-state index is 11.8. The summed E-state index contributed by atoms with van der Waals surface area (Å²) in [5.74, 6) is -0.975. The lowest BCUT2D eigenvalue weighted by Crippen LogP contribution is -2.19. The molecule has 2 unspecified atom stereocenters. The fourth-order valence-corrected chi connectivity index (χ4v) is 3.67. The minimum atomic E-state index is -1.20. The van der Waals surface area contributed by atoms with Gasteiger partial charge in [0.15, 0.2) is 23.0 Å². The zero-order chi connectivity index (χ0) is 26.7. The van der Waals surface area contributed by atoms with Crippen LogP contribution in [0.4, 0.5) is 0 Å². The van der Waals surface area contributed by atoms with Crippen LogP contribution in [0.1, 0.15) is 23.3 Å². The standard InChI is InChI=1S/C30H26O8/c31-29(32)27(21-11-3-1-4-12-21)37-25-17-9-7-15-23(25)35-19-20-36-24-16-8-10-18-26(24)38-28(30(33)34)22-13-5-2-6-14-22/h1-18,27-28H,19-20H2,(H,31,32)(H,33,34). The highest BCUT2D eigenvalue weighted by Gasteiger charge is 2.24. The van der Waals surface area contributed by atoms with Gasteiger partial charge in [0.1, 0.15) is 13.2 Å². The molecule has 0 aromatic heterocycles.